The summed E-state index contributed by atoms with van der Waals surface area (Å²) in [5.41, 5.74) is 0.779. The van der Waals surface area contributed by atoms with E-state index < -0.39 is 21.9 Å². The number of aromatic nitrogens is 4. The van der Waals surface area contributed by atoms with Gasteiger partial charge in [-0.2, -0.15) is 4.31 Å². The number of carboxylic acid groups (broad SMARTS) is 1. The maximum absolute atomic E-state index is 13.2. The summed E-state index contributed by atoms with van der Waals surface area (Å²) in [5.74, 6) is -0.220. The number of halogens is 1. The molecule has 1 atom stereocenters. The van der Waals surface area contributed by atoms with E-state index in [1.54, 1.807) is 48.8 Å². The lowest BCUT2D eigenvalue weighted by molar-refractivity contribution is -0.142. The monoisotopic (exact) mass is 491 g/mol. The van der Waals surface area contributed by atoms with E-state index in [2.05, 4.69) is 15.2 Å². The number of carbonyl (C=O) groups is 1. The van der Waals surface area contributed by atoms with Crippen molar-refractivity contribution in [1.82, 2.24) is 24.1 Å². The van der Waals surface area contributed by atoms with Gasteiger partial charge in [0.1, 0.15) is 5.82 Å². The van der Waals surface area contributed by atoms with Gasteiger partial charge in [0.05, 0.1) is 10.8 Å². The van der Waals surface area contributed by atoms with Gasteiger partial charge in [-0.25, -0.2) is 8.42 Å². The highest BCUT2D eigenvalue weighted by Crippen LogP contribution is 2.24. The lowest BCUT2D eigenvalue weighted by Crippen LogP contribution is -2.34. The molecule has 0 fully saturated rings. The van der Waals surface area contributed by atoms with Gasteiger partial charge in [0.2, 0.25) is 10.0 Å². The standard InChI is InChI=1S/C22H25N5O4S.ClH/c28-22(29)17-7-5-13-26(32(30,31)19-8-2-1-3-9-19)14-11-20-24-25-21(27(20)15-10-17)18-6-4-12-23-16-18;/h1-4,6,8-9,12,16-17H,5,7,10-11,13-15H2,(H,28,29);1H. The second-order valence-corrected chi connectivity index (χ2v) is 9.70. The molecule has 3 aromatic rings. The van der Waals surface area contributed by atoms with Crippen molar-refractivity contribution < 1.29 is 18.3 Å². The average Bonchev–Trinajstić information content (AvgIpc) is 3.19. The third kappa shape index (κ3) is 5.58. The van der Waals surface area contributed by atoms with Gasteiger partial charge in [-0.15, -0.1) is 22.6 Å². The SMILES string of the molecule is Cl.O=C(O)C1CCCN(S(=O)(=O)c2ccccc2)CCc2nnc(-c3cccnc3)n2CC1. The maximum atomic E-state index is 13.2. The zero-order valence-electron chi connectivity index (χ0n) is 17.9. The van der Waals surface area contributed by atoms with Crippen molar-refractivity contribution in [2.75, 3.05) is 13.1 Å². The second kappa shape index (κ2) is 10.9. The number of aliphatic carboxylic acids is 1. The third-order valence-electron chi connectivity index (χ3n) is 5.72. The first-order chi connectivity index (χ1) is 15.5. The van der Waals surface area contributed by atoms with E-state index in [1.165, 1.54) is 4.31 Å². The van der Waals surface area contributed by atoms with Gasteiger partial charge in [0, 0.05) is 44.0 Å². The summed E-state index contributed by atoms with van der Waals surface area (Å²) in [6.45, 7) is 0.930. The zero-order chi connectivity index (χ0) is 22.6. The van der Waals surface area contributed by atoms with Crippen molar-refractivity contribution in [1.29, 1.82) is 0 Å². The van der Waals surface area contributed by atoms with Crippen LogP contribution in [-0.2, 0) is 27.8 Å². The Balaban J connectivity index is 0.00000306. The highest BCUT2D eigenvalue weighted by atomic mass is 35.5. The first-order valence-electron chi connectivity index (χ1n) is 10.6. The highest BCUT2D eigenvalue weighted by molar-refractivity contribution is 7.89. The number of nitrogens with zero attached hydrogens (tertiary/aromatic N) is 5. The number of pyridine rings is 1. The molecular formula is C22H26ClN5O4S. The number of fused-ring (bicyclic) bond motifs is 1. The van der Waals surface area contributed by atoms with Crippen molar-refractivity contribution in [3.63, 3.8) is 0 Å². The highest BCUT2D eigenvalue weighted by Gasteiger charge is 2.27. The molecular weight excluding hydrogens is 466 g/mol. The summed E-state index contributed by atoms with van der Waals surface area (Å²) in [6, 6.07) is 12.0. The van der Waals surface area contributed by atoms with Crippen molar-refractivity contribution in [3.8, 4) is 11.4 Å². The number of rotatable bonds is 4. The van der Waals surface area contributed by atoms with Crippen LogP contribution in [0.3, 0.4) is 0 Å². The van der Waals surface area contributed by atoms with Crippen LogP contribution in [0.2, 0.25) is 0 Å². The second-order valence-electron chi connectivity index (χ2n) is 7.77. The molecule has 1 aliphatic heterocycles. The molecule has 3 heterocycles. The average molecular weight is 492 g/mol. The normalized spacial score (nSPS) is 17.9. The lowest BCUT2D eigenvalue weighted by Gasteiger charge is -2.22. The Kier molecular flexibility index (Phi) is 8.17. The molecule has 0 saturated carbocycles. The molecule has 1 aliphatic rings. The summed E-state index contributed by atoms with van der Waals surface area (Å²) in [7, 11) is -3.71. The van der Waals surface area contributed by atoms with E-state index in [1.807, 2.05) is 10.6 Å². The Hall–Kier alpha value is -2.82. The number of hydrogen-bond acceptors (Lipinski definition) is 6. The molecule has 0 aliphatic carbocycles. The van der Waals surface area contributed by atoms with Gasteiger partial charge < -0.3 is 9.67 Å². The minimum atomic E-state index is -3.71. The van der Waals surface area contributed by atoms with E-state index in [-0.39, 0.29) is 30.4 Å². The van der Waals surface area contributed by atoms with Gasteiger partial charge in [-0.05, 0) is 43.5 Å². The number of sulfonamides is 1. The van der Waals surface area contributed by atoms with Crippen molar-refractivity contribution in [2.45, 2.75) is 37.1 Å². The third-order valence-corrected chi connectivity index (χ3v) is 7.64. The summed E-state index contributed by atoms with van der Waals surface area (Å²) < 4.78 is 29.8. The van der Waals surface area contributed by atoms with Crippen LogP contribution < -0.4 is 0 Å². The van der Waals surface area contributed by atoms with Crippen LogP contribution in [0.15, 0.2) is 59.8 Å². The maximum Gasteiger partial charge on any atom is 0.306 e. The van der Waals surface area contributed by atoms with Crippen LogP contribution in [0.4, 0.5) is 0 Å². The molecule has 33 heavy (non-hydrogen) atoms. The predicted molar refractivity (Wildman–Crippen MR) is 124 cm³/mol. The minimum absolute atomic E-state index is 0. The Morgan fingerprint density at radius 3 is 2.48 bits per heavy atom. The fourth-order valence-electron chi connectivity index (χ4n) is 3.97. The predicted octanol–water partition coefficient (Wildman–Crippen LogP) is 2.88. The Labute approximate surface area is 199 Å². The summed E-state index contributed by atoms with van der Waals surface area (Å²) >= 11 is 0. The molecule has 0 amide bonds. The van der Waals surface area contributed by atoms with Crippen LogP contribution in [0.5, 0.6) is 0 Å². The zero-order valence-corrected chi connectivity index (χ0v) is 19.6. The molecule has 1 unspecified atom stereocenters. The van der Waals surface area contributed by atoms with E-state index >= 15 is 0 Å². The van der Waals surface area contributed by atoms with Crippen LogP contribution in [0, 0.1) is 5.92 Å². The molecule has 176 valence electrons. The number of benzene rings is 1. The fourth-order valence-corrected chi connectivity index (χ4v) is 5.47. The van der Waals surface area contributed by atoms with E-state index in [0.717, 1.165) is 5.56 Å². The molecule has 0 radical (unpaired) electrons. The van der Waals surface area contributed by atoms with Crippen molar-refractivity contribution >= 4 is 28.4 Å². The molecule has 9 nitrogen and oxygen atoms in total. The molecule has 4 rings (SSSR count). The Bertz CT molecular complexity index is 1170. The van der Waals surface area contributed by atoms with E-state index in [4.69, 9.17) is 0 Å². The van der Waals surface area contributed by atoms with E-state index in [0.29, 0.717) is 43.9 Å². The van der Waals surface area contributed by atoms with Gasteiger partial charge in [-0.1, -0.05) is 18.2 Å². The first kappa shape index (κ1) is 24.8. The summed E-state index contributed by atoms with van der Waals surface area (Å²) in [5, 5.41) is 18.3. The minimum Gasteiger partial charge on any atom is -0.481 e. The molecule has 0 bridgehead atoms. The molecule has 1 aromatic carbocycles. The number of hydrogen-bond donors (Lipinski definition) is 1. The Morgan fingerprint density at radius 2 is 1.79 bits per heavy atom. The lowest BCUT2D eigenvalue weighted by atomic mass is 9.99. The van der Waals surface area contributed by atoms with Crippen LogP contribution >= 0.6 is 12.4 Å². The van der Waals surface area contributed by atoms with Gasteiger partial charge in [-0.3, -0.25) is 9.78 Å². The van der Waals surface area contributed by atoms with Gasteiger partial charge in [0.25, 0.3) is 0 Å². The van der Waals surface area contributed by atoms with E-state index in [9.17, 15) is 18.3 Å². The summed E-state index contributed by atoms with van der Waals surface area (Å²) in [4.78, 5) is 16.2. The molecule has 0 saturated heterocycles. The molecule has 0 spiro atoms. The topological polar surface area (TPSA) is 118 Å². The largest absolute Gasteiger partial charge is 0.481 e. The van der Waals surface area contributed by atoms with Crippen LogP contribution in [0.25, 0.3) is 11.4 Å². The molecule has 2 aromatic heterocycles. The first-order valence-corrected chi connectivity index (χ1v) is 12.0. The summed E-state index contributed by atoms with van der Waals surface area (Å²) in [6.07, 6.45) is 5.01. The van der Waals surface area contributed by atoms with Crippen LogP contribution in [-0.4, -0.2) is 56.6 Å². The van der Waals surface area contributed by atoms with Gasteiger partial charge in [0.15, 0.2) is 5.82 Å². The van der Waals surface area contributed by atoms with Crippen molar-refractivity contribution in [3.05, 3.63) is 60.7 Å². The Morgan fingerprint density at radius 1 is 1.00 bits per heavy atom. The molecule has 11 heteroatoms. The van der Waals surface area contributed by atoms with Gasteiger partial charge >= 0.3 is 5.97 Å². The quantitative estimate of drug-likeness (QED) is 0.596. The van der Waals surface area contributed by atoms with Crippen molar-refractivity contribution in [2.24, 2.45) is 5.92 Å². The van der Waals surface area contributed by atoms with Crippen LogP contribution in [0.1, 0.15) is 25.1 Å². The smallest absolute Gasteiger partial charge is 0.306 e. The molecule has 1 N–H and O–H groups in total. The fraction of sp³-hybridized carbons (Fsp3) is 0.364. The number of carboxylic acids is 1.